The largest absolute Gasteiger partial charge is 0.516 e. The number of halogens is 4. The zero-order valence-electron chi connectivity index (χ0n) is 13.2. The van der Waals surface area contributed by atoms with Gasteiger partial charge in [-0.3, -0.25) is 4.72 Å². The number of rotatable bonds is 4. The summed E-state index contributed by atoms with van der Waals surface area (Å²) in [5.41, 5.74) is 1.60. The van der Waals surface area contributed by atoms with Crippen LogP contribution in [-0.2, 0) is 10.0 Å². The first-order valence-electron chi connectivity index (χ1n) is 7.13. The molecule has 0 fully saturated rings. The smallest absolute Gasteiger partial charge is 0.384 e. The summed E-state index contributed by atoms with van der Waals surface area (Å²) in [6.07, 6.45) is 1.54. The fourth-order valence-electron chi connectivity index (χ4n) is 2.11. The van der Waals surface area contributed by atoms with Crippen LogP contribution in [0.1, 0.15) is 0 Å². The zero-order chi connectivity index (χ0) is 19.8. The van der Waals surface area contributed by atoms with E-state index >= 15 is 0 Å². The van der Waals surface area contributed by atoms with Crippen molar-refractivity contribution < 1.29 is 21.6 Å². The minimum Gasteiger partial charge on any atom is -0.384 e. The quantitative estimate of drug-likeness (QED) is 0.635. The third kappa shape index (κ3) is 4.15. The van der Waals surface area contributed by atoms with Crippen molar-refractivity contribution in [3.8, 4) is 21.8 Å². The molecule has 12 heteroatoms. The minimum absolute atomic E-state index is 0.0449. The van der Waals surface area contributed by atoms with Crippen molar-refractivity contribution in [1.82, 2.24) is 9.97 Å². The maximum atomic E-state index is 12.5. The molecule has 2 heterocycles. The Labute approximate surface area is 160 Å². The van der Waals surface area contributed by atoms with Crippen LogP contribution >= 0.6 is 22.9 Å². The van der Waals surface area contributed by atoms with Crippen LogP contribution in [0.3, 0.4) is 0 Å². The van der Waals surface area contributed by atoms with Crippen LogP contribution in [0.15, 0.2) is 41.9 Å². The van der Waals surface area contributed by atoms with Gasteiger partial charge < -0.3 is 5.73 Å². The van der Waals surface area contributed by atoms with E-state index in [4.69, 9.17) is 17.3 Å². The zero-order valence-corrected chi connectivity index (χ0v) is 15.5. The molecule has 0 aliphatic carbocycles. The number of aromatic nitrogens is 2. The molecule has 6 nitrogen and oxygen atoms in total. The van der Waals surface area contributed by atoms with E-state index in [-0.39, 0.29) is 10.7 Å². The maximum Gasteiger partial charge on any atom is 0.516 e. The van der Waals surface area contributed by atoms with Crippen LogP contribution < -0.4 is 10.5 Å². The lowest BCUT2D eigenvalue weighted by Gasteiger charge is -2.11. The summed E-state index contributed by atoms with van der Waals surface area (Å²) >= 11 is 7.43. The SMILES string of the molecule is Nc1cc(-c2nc(-c3ccc(NS(=O)(=O)C(F)(F)F)cc3Cl)cs2)ccn1. The van der Waals surface area contributed by atoms with Gasteiger partial charge in [-0.05, 0) is 30.3 Å². The number of hydrogen-bond acceptors (Lipinski definition) is 6. The van der Waals surface area contributed by atoms with Gasteiger partial charge in [-0.25, -0.2) is 9.97 Å². The van der Waals surface area contributed by atoms with E-state index in [0.29, 0.717) is 22.1 Å². The monoisotopic (exact) mass is 434 g/mol. The molecule has 0 spiro atoms. The lowest BCUT2D eigenvalue weighted by atomic mass is 10.1. The lowest BCUT2D eigenvalue weighted by Crippen LogP contribution is -2.29. The molecule has 0 atom stereocenters. The number of nitrogens with two attached hydrogens (primary N) is 1. The molecule has 0 saturated carbocycles. The molecule has 142 valence electrons. The first-order valence-corrected chi connectivity index (χ1v) is 9.87. The van der Waals surface area contributed by atoms with Gasteiger partial charge in [-0.15, -0.1) is 11.3 Å². The molecule has 3 N–H and O–H groups in total. The third-order valence-corrected chi connectivity index (χ3v) is 5.65. The summed E-state index contributed by atoms with van der Waals surface area (Å²) in [6.45, 7) is 0. The highest BCUT2D eigenvalue weighted by Gasteiger charge is 2.46. The maximum absolute atomic E-state index is 12.5. The predicted molar refractivity (Wildman–Crippen MR) is 98.8 cm³/mol. The fourth-order valence-corrected chi connectivity index (χ4v) is 3.76. The van der Waals surface area contributed by atoms with Gasteiger partial charge in [-0.1, -0.05) is 11.6 Å². The Hall–Kier alpha value is -2.37. The normalized spacial score (nSPS) is 12.1. The van der Waals surface area contributed by atoms with Crippen molar-refractivity contribution >= 4 is 44.5 Å². The number of nitrogen functional groups attached to an aromatic ring is 1. The number of sulfonamides is 1. The van der Waals surface area contributed by atoms with Gasteiger partial charge >= 0.3 is 15.5 Å². The van der Waals surface area contributed by atoms with Crippen molar-refractivity contribution in [2.45, 2.75) is 5.51 Å². The Morgan fingerprint density at radius 1 is 1.19 bits per heavy atom. The van der Waals surface area contributed by atoms with Gasteiger partial charge in [0.1, 0.15) is 10.8 Å². The standard InChI is InChI=1S/C15H10ClF3N4O2S2/c16-11-6-9(23-27(24,25)15(17,18)19)1-2-10(11)12-7-26-14(22-12)8-3-4-21-13(20)5-8/h1-7,23H,(H2,20,21). The molecule has 0 aliphatic rings. The second-order valence-corrected chi connectivity index (χ2v) is 8.19. The Morgan fingerprint density at radius 2 is 1.93 bits per heavy atom. The average Bonchev–Trinajstić information content (AvgIpc) is 3.03. The van der Waals surface area contributed by atoms with E-state index in [1.165, 1.54) is 28.2 Å². The number of hydrogen-bond donors (Lipinski definition) is 2. The van der Waals surface area contributed by atoms with Crippen LogP contribution in [0.5, 0.6) is 0 Å². The number of alkyl halides is 3. The van der Waals surface area contributed by atoms with Gasteiger partial charge in [0.05, 0.1) is 16.4 Å². The van der Waals surface area contributed by atoms with Crippen LogP contribution in [0, 0.1) is 0 Å². The van der Waals surface area contributed by atoms with Gasteiger partial charge in [-0.2, -0.15) is 21.6 Å². The highest BCUT2D eigenvalue weighted by Crippen LogP contribution is 2.35. The van der Waals surface area contributed by atoms with E-state index in [2.05, 4.69) is 9.97 Å². The van der Waals surface area contributed by atoms with E-state index in [9.17, 15) is 21.6 Å². The number of benzene rings is 1. The van der Waals surface area contributed by atoms with E-state index in [0.717, 1.165) is 11.6 Å². The molecule has 0 amide bonds. The highest BCUT2D eigenvalue weighted by atomic mass is 35.5. The lowest BCUT2D eigenvalue weighted by molar-refractivity contribution is -0.0429. The highest BCUT2D eigenvalue weighted by molar-refractivity contribution is 7.93. The summed E-state index contributed by atoms with van der Waals surface area (Å²) in [6, 6.07) is 7.03. The Morgan fingerprint density at radius 3 is 2.56 bits per heavy atom. The number of anilines is 2. The molecule has 1 aromatic carbocycles. The van der Waals surface area contributed by atoms with Crippen molar-refractivity contribution in [2.24, 2.45) is 0 Å². The van der Waals surface area contributed by atoms with Crippen LogP contribution in [0.4, 0.5) is 24.7 Å². The molecule has 0 bridgehead atoms. The van der Waals surface area contributed by atoms with Crippen LogP contribution in [0.2, 0.25) is 5.02 Å². The molecular formula is C15H10ClF3N4O2S2. The molecule has 0 saturated heterocycles. The van der Waals surface area contributed by atoms with E-state index < -0.39 is 15.5 Å². The Kier molecular flexibility index (Phi) is 5.02. The van der Waals surface area contributed by atoms with Crippen molar-refractivity contribution in [1.29, 1.82) is 0 Å². The van der Waals surface area contributed by atoms with Crippen molar-refractivity contribution in [3.63, 3.8) is 0 Å². The minimum atomic E-state index is -5.52. The topological polar surface area (TPSA) is 98.0 Å². The molecule has 0 radical (unpaired) electrons. The number of pyridine rings is 1. The van der Waals surface area contributed by atoms with Crippen molar-refractivity contribution in [3.05, 3.63) is 46.9 Å². The number of nitrogens with zero attached hydrogens (tertiary/aromatic N) is 2. The summed E-state index contributed by atoms with van der Waals surface area (Å²) in [4.78, 5) is 8.33. The molecule has 2 aromatic heterocycles. The van der Waals surface area contributed by atoms with Gasteiger partial charge in [0.25, 0.3) is 0 Å². The summed E-state index contributed by atoms with van der Waals surface area (Å²) in [5.74, 6) is 0.337. The average molecular weight is 435 g/mol. The fraction of sp³-hybridized carbons (Fsp3) is 0.0667. The Bertz CT molecular complexity index is 1100. The first kappa shape index (κ1) is 19.4. The first-order chi connectivity index (χ1) is 12.6. The number of thiazole rings is 1. The second kappa shape index (κ2) is 6.98. The predicted octanol–water partition coefficient (Wildman–Crippen LogP) is 4.37. The van der Waals surface area contributed by atoms with E-state index in [1.807, 2.05) is 0 Å². The number of nitrogens with one attached hydrogen (secondary N) is 1. The van der Waals surface area contributed by atoms with Crippen LogP contribution in [-0.4, -0.2) is 23.9 Å². The Balaban J connectivity index is 1.89. The van der Waals surface area contributed by atoms with E-state index in [1.54, 1.807) is 23.7 Å². The van der Waals surface area contributed by atoms with Crippen molar-refractivity contribution in [2.75, 3.05) is 10.5 Å². The third-order valence-electron chi connectivity index (χ3n) is 3.33. The van der Waals surface area contributed by atoms with Gasteiger partial charge in [0.15, 0.2) is 0 Å². The molecule has 27 heavy (non-hydrogen) atoms. The second-order valence-electron chi connectivity index (χ2n) is 5.25. The molecule has 0 aliphatic heterocycles. The molecular weight excluding hydrogens is 425 g/mol. The van der Waals surface area contributed by atoms with Gasteiger partial charge in [0, 0.05) is 22.7 Å². The summed E-state index contributed by atoms with van der Waals surface area (Å²) < 4.78 is 61.1. The molecule has 3 aromatic rings. The van der Waals surface area contributed by atoms with Crippen LogP contribution in [0.25, 0.3) is 21.8 Å². The molecule has 0 unspecified atom stereocenters. The summed E-state index contributed by atoms with van der Waals surface area (Å²) in [7, 11) is -5.52. The summed E-state index contributed by atoms with van der Waals surface area (Å²) in [5, 5.41) is 2.41. The van der Waals surface area contributed by atoms with Gasteiger partial charge in [0.2, 0.25) is 0 Å². The molecule has 3 rings (SSSR count).